The number of aliphatic imine (C=N–C) groups is 1. The summed E-state index contributed by atoms with van der Waals surface area (Å²) in [7, 11) is 0. The lowest BCUT2D eigenvalue weighted by Crippen LogP contribution is -2.39. The van der Waals surface area contributed by atoms with Gasteiger partial charge in [-0.2, -0.15) is 10.0 Å². The zero-order valence-electron chi connectivity index (χ0n) is 17.6. The number of aromatic nitrogens is 1. The van der Waals surface area contributed by atoms with Crippen molar-refractivity contribution in [1.29, 1.82) is 5.41 Å². The molecule has 32 heavy (non-hydrogen) atoms. The summed E-state index contributed by atoms with van der Waals surface area (Å²) in [4.78, 5) is 19.1. The molecule has 4 heterocycles. The number of hydrogen-bond acceptors (Lipinski definition) is 6. The molecule has 0 saturated carbocycles. The Morgan fingerprint density at radius 2 is 1.97 bits per heavy atom. The van der Waals surface area contributed by atoms with E-state index in [2.05, 4.69) is 19.6 Å². The van der Waals surface area contributed by atoms with Gasteiger partial charge in [0.1, 0.15) is 0 Å². The number of carbonyl (C=O) groups excluding carboxylic acids is 1. The number of nitrogens with zero attached hydrogens (tertiary/aromatic N) is 5. The Bertz CT molecular complexity index is 1230. The van der Waals surface area contributed by atoms with Crippen molar-refractivity contribution in [1.82, 2.24) is 14.5 Å². The number of hydrogen-bond donors (Lipinski definition) is 1. The standard InChI is InChI=1S/C22H21ClN6O2S/c1-13-10-15(14(2)28(13)17-5-3-4-16(23)12-17)11-18-19(24)29-21(25-20(18)30)32-22(26-29)27-6-8-31-9-7-27/h3-5,10-12,24H,6-9H2,1-2H3/b18-11-,24-19?. The van der Waals surface area contributed by atoms with Crippen LogP contribution in [0.5, 0.6) is 0 Å². The number of morpholine rings is 1. The van der Waals surface area contributed by atoms with E-state index in [9.17, 15) is 4.79 Å². The quantitative estimate of drug-likeness (QED) is 0.680. The van der Waals surface area contributed by atoms with E-state index >= 15 is 0 Å². The van der Waals surface area contributed by atoms with Crippen molar-refractivity contribution in [2.75, 3.05) is 26.3 Å². The third-order valence-corrected chi connectivity index (χ3v) is 6.77. The van der Waals surface area contributed by atoms with Crippen LogP contribution in [0.2, 0.25) is 5.02 Å². The molecule has 0 atom stereocenters. The van der Waals surface area contributed by atoms with Gasteiger partial charge in [-0.1, -0.05) is 17.7 Å². The van der Waals surface area contributed by atoms with Gasteiger partial charge in [0.2, 0.25) is 5.17 Å². The smallest absolute Gasteiger partial charge is 0.283 e. The van der Waals surface area contributed by atoms with E-state index in [1.165, 1.54) is 16.8 Å². The lowest BCUT2D eigenvalue weighted by atomic mass is 10.1. The molecular formula is C22H21ClN6O2S. The van der Waals surface area contributed by atoms with Crippen LogP contribution in [0.4, 0.5) is 0 Å². The summed E-state index contributed by atoms with van der Waals surface area (Å²) in [5.74, 6) is -0.400. The first-order valence-electron chi connectivity index (χ1n) is 10.2. The maximum Gasteiger partial charge on any atom is 0.283 e. The number of nitrogens with one attached hydrogen (secondary N) is 1. The summed E-state index contributed by atoms with van der Waals surface area (Å²) in [6.45, 7) is 6.70. The lowest BCUT2D eigenvalue weighted by Gasteiger charge is -2.26. The molecule has 2 aromatic rings. The monoisotopic (exact) mass is 468 g/mol. The van der Waals surface area contributed by atoms with E-state index in [0.717, 1.165) is 40.9 Å². The van der Waals surface area contributed by atoms with E-state index in [-0.39, 0.29) is 11.4 Å². The Kier molecular flexibility index (Phi) is 5.40. The summed E-state index contributed by atoms with van der Waals surface area (Å²) in [5.41, 5.74) is 3.95. The third kappa shape index (κ3) is 3.66. The van der Waals surface area contributed by atoms with Crippen molar-refractivity contribution in [3.05, 3.63) is 57.9 Å². The number of thioether (sulfide) groups is 1. The summed E-state index contributed by atoms with van der Waals surface area (Å²) in [6.07, 6.45) is 1.72. The fourth-order valence-electron chi connectivity index (χ4n) is 3.97. The van der Waals surface area contributed by atoms with Crippen molar-refractivity contribution in [2.24, 2.45) is 10.1 Å². The Morgan fingerprint density at radius 1 is 1.19 bits per heavy atom. The first kappa shape index (κ1) is 21.0. The molecule has 10 heteroatoms. The van der Waals surface area contributed by atoms with Gasteiger partial charge in [-0.05, 0) is 61.5 Å². The van der Waals surface area contributed by atoms with Gasteiger partial charge in [-0.25, -0.2) is 0 Å². The number of aryl methyl sites for hydroxylation is 1. The largest absolute Gasteiger partial charge is 0.378 e. The summed E-state index contributed by atoms with van der Waals surface area (Å²) >= 11 is 7.49. The predicted molar refractivity (Wildman–Crippen MR) is 128 cm³/mol. The molecule has 0 radical (unpaired) electrons. The van der Waals surface area contributed by atoms with Crippen molar-refractivity contribution in [2.45, 2.75) is 13.8 Å². The van der Waals surface area contributed by atoms with Crippen molar-refractivity contribution >= 4 is 51.5 Å². The van der Waals surface area contributed by atoms with E-state index < -0.39 is 5.91 Å². The number of rotatable bonds is 2. The minimum Gasteiger partial charge on any atom is -0.378 e. The molecule has 0 aliphatic carbocycles. The number of amides is 1. The maximum absolute atomic E-state index is 12.8. The van der Waals surface area contributed by atoms with E-state index in [4.69, 9.17) is 21.7 Å². The van der Waals surface area contributed by atoms with Gasteiger partial charge < -0.3 is 14.2 Å². The van der Waals surface area contributed by atoms with Crippen LogP contribution >= 0.6 is 23.4 Å². The second kappa shape index (κ2) is 8.23. The van der Waals surface area contributed by atoms with E-state index in [1.807, 2.05) is 44.2 Å². The van der Waals surface area contributed by atoms with Crippen molar-refractivity contribution in [3.63, 3.8) is 0 Å². The molecule has 1 aromatic heterocycles. The van der Waals surface area contributed by atoms with E-state index in [0.29, 0.717) is 23.4 Å². The molecule has 0 spiro atoms. The zero-order valence-corrected chi connectivity index (χ0v) is 19.2. The minimum atomic E-state index is -0.431. The fraction of sp³-hybridized carbons (Fsp3) is 0.273. The number of ether oxygens (including phenoxy) is 1. The Labute approximate surface area is 194 Å². The number of amidine groups is 3. The van der Waals surface area contributed by atoms with Gasteiger partial charge in [-0.15, -0.1) is 5.10 Å². The van der Waals surface area contributed by atoms with Crippen LogP contribution in [0.1, 0.15) is 17.0 Å². The minimum absolute atomic E-state index is 0.0309. The van der Waals surface area contributed by atoms with Gasteiger partial charge in [0, 0.05) is 35.2 Å². The fourth-order valence-corrected chi connectivity index (χ4v) is 5.10. The zero-order chi connectivity index (χ0) is 22.4. The normalized spacial score (nSPS) is 20.0. The van der Waals surface area contributed by atoms with Gasteiger partial charge in [0.05, 0.1) is 18.8 Å². The number of carbonyl (C=O) groups is 1. The van der Waals surface area contributed by atoms with Crippen LogP contribution in [0, 0.1) is 19.3 Å². The first-order chi connectivity index (χ1) is 15.4. The summed E-state index contributed by atoms with van der Waals surface area (Å²) in [6, 6.07) is 9.60. The van der Waals surface area contributed by atoms with Crippen molar-refractivity contribution in [3.8, 4) is 5.69 Å². The molecule has 0 bridgehead atoms. The average Bonchev–Trinajstić information content (AvgIpc) is 3.32. The molecular weight excluding hydrogens is 448 g/mol. The molecule has 0 unspecified atom stereocenters. The molecule has 1 saturated heterocycles. The lowest BCUT2D eigenvalue weighted by molar-refractivity contribution is -0.114. The maximum atomic E-state index is 12.8. The molecule has 5 rings (SSSR count). The predicted octanol–water partition coefficient (Wildman–Crippen LogP) is 3.66. The average molecular weight is 469 g/mol. The molecule has 1 aromatic carbocycles. The molecule has 3 aliphatic heterocycles. The number of hydrazone groups is 1. The van der Waals surface area contributed by atoms with Crippen LogP contribution in [-0.2, 0) is 9.53 Å². The number of benzene rings is 1. The van der Waals surface area contributed by atoms with Gasteiger partial charge in [-0.3, -0.25) is 10.2 Å². The Morgan fingerprint density at radius 3 is 2.72 bits per heavy atom. The van der Waals surface area contributed by atoms with Gasteiger partial charge in [0.25, 0.3) is 5.91 Å². The van der Waals surface area contributed by atoms with E-state index in [1.54, 1.807) is 6.08 Å². The molecule has 1 amide bonds. The SMILES string of the molecule is Cc1cc(/C=C2/C(=N)N3N=C(N4CCOCC4)SC3=NC2=O)c(C)n1-c1cccc(Cl)c1. The number of fused-ring (bicyclic) bond motifs is 1. The van der Waals surface area contributed by atoms with Crippen molar-refractivity contribution < 1.29 is 9.53 Å². The van der Waals surface area contributed by atoms with Crippen LogP contribution in [0.15, 0.2) is 46.0 Å². The van der Waals surface area contributed by atoms with Gasteiger partial charge >= 0.3 is 0 Å². The summed E-state index contributed by atoms with van der Waals surface area (Å²) in [5, 5.41) is 16.5. The highest BCUT2D eigenvalue weighted by atomic mass is 35.5. The highest BCUT2D eigenvalue weighted by molar-refractivity contribution is 8.26. The molecule has 1 fully saturated rings. The number of halogens is 1. The highest BCUT2D eigenvalue weighted by Gasteiger charge is 2.37. The van der Waals surface area contributed by atoms with Crippen LogP contribution < -0.4 is 0 Å². The Hall–Kier alpha value is -2.88. The molecule has 8 nitrogen and oxygen atoms in total. The topological polar surface area (TPSA) is 86.3 Å². The first-order valence-corrected chi connectivity index (χ1v) is 11.4. The van der Waals surface area contributed by atoms with Crippen LogP contribution in [-0.4, -0.2) is 62.9 Å². The second-order valence-electron chi connectivity index (χ2n) is 7.64. The highest BCUT2D eigenvalue weighted by Crippen LogP contribution is 2.31. The van der Waals surface area contributed by atoms with Crippen LogP contribution in [0.25, 0.3) is 11.8 Å². The van der Waals surface area contributed by atoms with Gasteiger partial charge in [0.15, 0.2) is 11.0 Å². The van der Waals surface area contributed by atoms with Crippen LogP contribution in [0.3, 0.4) is 0 Å². The second-order valence-corrected chi connectivity index (χ2v) is 9.01. The summed E-state index contributed by atoms with van der Waals surface area (Å²) < 4.78 is 7.47. The third-order valence-electron chi connectivity index (χ3n) is 5.56. The molecule has 164 valence electrons. The Balaban J connectivity index is 1.48. The molecule has 3 aliphatic rings. The molecule has 1 N–H and O–H groups in total.